The van der Waals surface area contributed by atoms with E-state index in [-0.39, 0.29) is 23.6 Å². The number of aliphatic hydroxyl groups is 1. The van der Waals surface area contributed by atoms with Crippen LogP contribution >= 0.6 is 0 Å². The molecule has 1 atom stereocenters. The van der Waals surface area contributed by atoms with Gasteiger partial charge in [-0.1, -0.05) is 19.8 Å². The number of rotatable bonds is 6. The van der Waals surface area contributed by atoms with Gasteiger partial charge in [0, 0.05) is 39.1 Å². The Labute approximate surface area is 167 Å². The summed E-state index contributed by atoms with van der Waals surface area (Å²) in [5, 5.41) is 13.6. The summed E-state index contributed by atoms with van der Waals surface area (Å²) in [7, 11) is 1.73. The highest BCUT2D eigenvalue weighted by molar-refractivity contribution is 6.06. The van der Waals surface area contributed by atoms with E-state index in [0.717, 1.165) is 19.3 Å². The molecule has 7 nitrogen and oxygen atoms in total. The lowest BCUT2D eigenvalue weighted by Crippen LogP contribution is -2.59. The molecule has 2 aliphatic heterocycles. The van der Waals surface area contributed by atoms with Crippen molar-refractivity contribution in [1.82, 2.24) is 15.1 Å². The lowest BCUT2D eigenvalue weighted by molar-refractivity contribution is -0.154. The number of nitrogens with one attached hydrogen (secondary N) is 1. The summed E-state index contributed by atoms with van der Waals surface area (Å²) >= 11 is 0. The molecule has 1 saturated carbocycles. The van der Waals surface area contributed by atoms with E-state index in [0.29, 0.717) is 51.4 Å². The minimum absolute atomic E-state index is 0.0997. The van der Waals surface area contributed by atoms with E-state index in [9.17, 15) is 19.5 Å². The Kier molecular flexibility index (Phi) is 6.03. The number of nitrogens with zero attached hydrogens (tertiary/aromatic N) is 2. The van der Waals surface area contributed by atoms with Gasteiger partial charge in [-0.15, -0.1) is 0 Å². The fourth-order valence-electron chi connectivity index (χ4n) is 4.91. The highest BCUT2D eigenvalue weighted by atomic mass is 16.3. The van der Waals surface area contributed by atoms with E-state index >= 15 is 0 Å². The van der Waals surface area contributed by atoms with Gasteiger partial charge in [0.2, 0.25) is 11.8 Å². The third-order valence-electron chi connectivity index (χ3n) is 7.09. The van der Waals surface area contributed by atoms with E-state index in [2.05, 4.69) is 12.2 Å². The van der Waals surface area contributed by atoms with Crippen molar-refractivity contribution in [2.24, 2.45) is 17.3 Å². The molecule has 1 aliphatic carbocycles. The van der Waals surface area contributed by atoms with Crippen molar-refractivity contribution in [1.29, 1.82) is 0 Å². The van der Waals surface area contributed by atoms with Crippen LogP contribution in [0.3, 0.4) is 0 Å². The number of hydrogen-bond donors (Lipinski definition) is 2. The largest absolute Gasteiger partial charge is 0.380 e. The molecule has 2 heterocycles. The number of hydrogen-bond acceptors (Lipinski definition) is 4. The van der Waals surface area contributed by atoms with Crippen molar-refractivity contribution in [2.45, 2.75) is 64.4 Å². The molecule has 0 radical (unpaired) electrons. The van der Waals surface area contributed by atoms with Gasteiger partial charge in [0.05, 0.1) is 0 Å². The van der Waals surface area contributed by atoms with Crippen LogP contribution in [-0.2, 0) is 14.4 Å². The number of amides is 3. The molecule has 0 aromatic rings. The van der Waals surface area contributed by atoms with Crippen LogP contribution in [0.15, 0.2) is 0 Å². The topological polar surface area (TPSA) is 89.9 Å². The second-order valence-corrected chi connectivity index (χ2v) is 9.36. The Morgan fingerprint density at radius 1 is 1.18 bits per heavy atom. The summed E-state index contributed by atoms with van der Waals surface area (Å²) in [4.78, 5) is 40.8. The van der Waals surface area contributed by atoms with Gasteiger partial charge < -0.3 is 20.2 Å². The number of likely N-dealkylation sites (tertiary alicyclic amines) is 2. The van der Waals surface area contributed by atoms with E-state index in [4.69, 9.17) is 0 Å². The minimum Gasteiger partial charge on any atom is -0.380 e. The first-order chi connectivity index (χ1) is 13.2. The summed E-state index contributed by atoms with van der Waals surface area (Å²) in [6.07, 6.45) is 5.76. The van der Waals surface area contributed by atoms with E-state index in [1.54, 1.807) is 23.8 Å². The van der Waals surface area contributed by atoms with Gasteiger partial charge in [0.25, 0.3) is 5.91 Å². The Bertz CT molecular complexity index is 623. The first kappa shape index (κ1) is 21.1. The summed E-state index contributed by atoms with van der Waals surface area (Å²) in [6, 6.07) is 0. The van der Waals surface area contributed by atoms with Gasteiger partial charge in [-0.05, 0) is 44.9 Å². The SMILES string of the molecule is CCCC1CCC(O)(C(=O)NCC2CN(C(=O)C3(C)CCN(C)C3=O)C2)CC1. The lowest BCUT2D eigenvalue weighted by atomic mass is 9.76. The van der Waals surface area contributed by atoms with E-state index in [1.165, 1.54) is 6.42 Å². The lowest BCUT2D eigenvalue weighted by Gasteiger charge is -2.43. The van der Waals surface area contributed by atoms with Crippen LogP contribution in [0.5, 0.6) is 0 Å². The maximum Gasteiger partial charge on any atom is 0.251 e. The van der Waals surface area contributed by atoms with Crippen molar-refractivity contribution in [3.63, 3.8) is 0 Å². The zero-order valence-electron chi connectivity index (χ0n) is 17.5. The molecule has 3 rings (SSSR count). The fraction of sp³-hybridized carbons (Fsp3) is 0.857. The predicted molar refractivity (Wildman–Crippen MR) is 105 cm³/mol. The van der Waals surface area contributed by atoms with Crippen molar-refractivity contribution in [3.8, 4) is 0 Å². The summed E-state index contributed by atoms with van der Waals surface area (Å²) in [5.41, 5.74) is -2.17. The molecular weight excluding hydrogens is 358 g/mol. The summed E-state index contributed by atoms with van der Waals surface area (Å²) in [6.45, 7) is 6.10. The molecule has 0 spiro atoms. The average Bonchev–Trinajstić information content (AvgIpc) is 2.91. The third kappa shape index (κ3) is 3.91. The first-order valence-corrected chi connectivity index (χ1v) is 10.7. The Balaban J connectivity index is 1.41. The maximum absolute atomic E-state index is 12.7. The average molecular weight is 394 g/mol. The van der Waals surface area contributed by atoms with Gasteiger partial charge in [-0.2, -0.15) is 0 Å². The maximum atomic E-state index is 12.7. The summed E-state index contributed by atoms with van der Waals surface area (Å²) < 4.78 is 0. The van der Waals surface area contributed by atoms with Gasteiger partial charge in [0.1, 0.15) is 11.0 Å². The van der Waals surface area contributed by atoms with Gasteiger partial charge in [0.15, 0.2) is 0 Å². The van der Waals surface area contributed by atoms with Gasteiger partial charge in [-0.25, -0.2) is 0 Å². The van der Waals surface area contributed by atoms with Crippen LogP contribution in [0.2, 0.25) is 0 Å². The molecule has 28 heavy (non-hydrogen) atoms. The third-order valence-corrected chi connectivity index (χ3v) is 7.09. The minimum atomic E-state index is -1.24. The molecule has 3 amide bonds. The first-order valence-electron chi connectivity index (χ1n) is 10.7. The molecule has 1 unspecified atom stereocenters. The number of carbonyl (C=O) groups is 3. The van der Waals surface area contributed by atoms with E-state index in [1.807, 2.05) is 0 Å². The van der Waals surface area contributed by atoms with Gasteiger partial charge >= 0.3 is 0 Å². The summed E-state index contributed by atoms with van der Waals surface area (Å²) in [5.74, 6) is 0.341. The highest BCUT2D eigenvalue weighted by Gasteiger charge is 2.51. The Morgan fingerprint density at radius 3 is 2.36 bits per heavy atom. The van der Waals surface area contributed by atoms with E-state index < -0.39 is 11.0 Å². The second-order valence-electron chi connectivity index (χ2n) is 9.36. The van der Waals surface area contributed by atoms with Crippen LogP contribution in [0.4, 0.5) is 0 Å². The molecular formula is C21H35N3O4. The molecule has 0 aromatic carbocycles. The van der Waals surface area contributed by atoms with Crippen molar-refractivity contribution in [2.75, 3.05) is 33.2 Å². The van der Waals surface area contributed by atoms with Crippen molar-refractivity contribution < 1.29 is 19.5 Å². The molecule has 2 N–H and O–H groups in total. The Morgan fingerprint density at radius 2 is 1.82 bits per heavy atom. The van der Waals surface area contributed by atoms with Gasteiger partial charge in [-0.3, -0.25) is 14.4 Å². The monoisotopic (exact) mass is 393 g/mol. The molecule has 2 saturated heterocycles. The molecule has 3 aliphatic rings. The van der Waals surface area contributed by atoms with Crippen LogP contribution in [-0.4, -0.2) is 71.5 Å². The molecule has 158 valence electrons. The molecule has 0 aromatic heterocycles. The standard InChI is InChI=1S/C21H35N3O4/c1-4-5-15-6-8-21(28,9-7-15)17(25)22-12-16-13-24(14-16)19(27)20(2)10-11-23(3)18(20)26/h15-16,28H,4-14H2,1-3H3,(H,22,25). The normalized spacial score (nSPS) is 33.7. The number of carbonyl (C=O) groups excluding carboxylic acids is 3. The van der Waals surface area contributed by atoms with Crippen molar-refractivity contribution in [3.05, 3.63) is 0 Å². The highest BCUT2D eigenvalue weighted by Crippen LogP contribution is 2.36. The smallest absolute Gasteiger partial charge is 0.251 e. The fourth-order valence-corrected chi connectivity index (χ4v) is 4.91. The molecule has 3 fully saturated rings. The van der Waals surface area contributed by atoms with Crippen molar-refractivity contribution >= 4 is 17.7 Å². The van der Waals surface area contributed by atoms with Crippen LogP contribution < -0.4 is 5.32 Å². The zero-order chi connectivity index (χ0) is 20.5. The zero-order valence-corrected chi connectivity index (χ0v) is 17.5. The van der Waals surface area contributed by atoms with Crippen LogP contribution in [0.25, 0.3) is 0 Å². The predicted octanol–water partition coefficient (Wildman–Crippen LogP) is 1.15. The quantitative estimate of drug-likeness (QED) is 0.663. The van der Waals surface area contributed by atoms with Crippen LogP contribution in [0.1, 0.15) is 58.8 Å². The molecule has 0 bridgehead atoms. The second kappa shape index (κ2) is 8.01. The molecule has 7 heteroatoms. The Hall–Kier alpha value is -1.63. The van der Waals surface area contributed by atoms with Crippen LogP contribution in [0, 0.1) is 17.3 Å².